The molecule has 0 saturated heterocycles. The second kappa shape index (κ2) is 5.67. The van der Waals surface area contributed by atoms with Crippen molar-refractivity contribution in [2.45, 2.75) is 63.5 Å². The molecule has 3 nitrogen and oxygen atoms in total. The first-order chi connectivity index (χ1) is 7.77. The van der Waals surface area contributed by atoms with Gasteiger partial charge in [0.1, 0.15) is 0 Å². The lowest BCUT2D eigenvalue weighted by molar-refractivity contribution is -0.131. The lowest BCUT2D eigenvalue weighted by Crippen LogP contribution is -2.46. The van der Waals surface area contributed by atoms with Crippen molar-refractivity contribution in [3.05, 3.63) is 0 Å². The van der Waals surface area contributed by atoms with Gasteiger partial charge in [-0.2, -0.15) is 0 Å². The van der Waals surface area contributed by atoms with Crippen LogP contribution in [0.25, 0.3) is 0 Å². The number of carbonyl (C=O) groups is 1. The third-order valence-electron chi connectivity index (χ3n) is 4.16. The number of likely N-dealkylation sites (N-methyl/N-ethyl adjacent to an activating group) is 1. The zero-order chi connectivity index (χ0) is 11.4. The first-order valence-corrected chi connectivity index (χ1v) is 6.76. The largest absolute Gasteiger partial charge is 0.342 e. The van der Waals surface area contributed by atoms with Crippen molar-refractivity contribution in [1.82, 2.24) is 10.2 Å². The van der Waals surface area contributed by atoms with Gasteiger partial charge in [0.15, 0.2) is 0 Å². The summed E-state index contributed by atoms with van der Waals surface area (Å²) < 4.78 is 0. The van der Waals surface area contributed by atoms with Crippen LogP contribution in [-0.4, -0.2) is 36.5 Å². The van der Waals surface area contributed by atoms with E-state index in [1.807, 2.05) is 11.9 Å². The van der Waals surface area contributed by atoms with Gasteiger partial charge in [-0.05, 0) is 25.7 Å². The third-order valence-corrected chi connectivity index (χ3v) is 4.16. The first-order valence-electron chi connectivity index (χ1n) is 6.76. The van der Waals surface area contributed by atoms with E-state index in [9.17, 15) is 4.79 Å². The fourth-order valence-corrected chi connectivity index (χ4v) is 2.64. The Morgan fingerprint density at radius 1 is 1.12 bits per heavy atom. The van der Waals surface area contributed by atoms with Crippen molar-refractivity contribution >= 4 is 5.91 Å². The van der Waals surface area contributed by atoms with Crippen LogP contribution in [0.2, 0.25) is 0 Å². The van der Waals surface area contributed by atoms with Gasteiger partial charge in [0.25, 0.3) is 0 Å². The van der Waals surface area contributed by atoms with Gasteiger partial charge in [-0.3, -0.25) is 4.79 Å². The van der Waals surface area contributed by atoms with Crippen molar-refractivity contribution in [3.8, 4) is 0 Å². The standard InChI is InChI=1S/C13H24N2O/c1-15(12-8-3-2-4-9-12)13(16)10-14-11-6-5-7-11/h11-12,14H,2-10H2,1H3. The van der Waals surface area contributed by atoms with Gasteiger partial charge in [-0.15, -0.1) is 0 Å². The summed E-state index contributed by atoms with van der Waals surface area (Å²) in [6, 6.07) is 1.12. The van der Waals surface area contributed by atoms with Crippen LogP contribution < -0.4 is 5.32 Å². The quantitative estimate of drug-likeness (QED) is 0.791. The van der Waals surface area contributed by atoms with Crippen LogP contribution in [0.15, 0.2) is 0 Å². The highest BCUT2D eigenvalue weighted by Crippen LogP contribution is 2.22. The summed E-state index contributed by atoms with van der Waals surface area (Å²) in [5.41, 5.74) is 0. The van der Waals surface area contributed by atoms with Crippen molar-refractivity contribution in [3.63, 3.8) is 0 Å². The molecule has 0 aliphatic heterocycles. The topological polar surface area (TPSA) is 32.3 Å². The van der Waals surface area contributed by atoms with Crippen LogP contribution in [0.3, 0.4) is 0 Å². The van der Waals surface area contributed by atoms with Crippen LogP contribution in [0.5, 0.6) is 0 Å². The highest BCUT2D eigenvalue weighted by Gasteiger charge is 2.23. The van der Waals surface area contributed by atoms with Gasteiger partial charge in [-0.25, -0.2) is 0 Å². The Morgan fingerprint density at radius 3 is 2.38 bits per heavy atom. The Labute approximate surface area is 98.6 Å². The summed E-state index contributed by atoms with van der Waals surface area (Å²) in [4.78, 5) is 13.9. The average Bonchev–Trinajstić information content (AvgIpc) is 2.27. The summed E-state index contributed by atoms with van der Waals surface area (Å²) in [6.45, 7) is 0.539. The average molecular weight is 224 g/mol. The Hall–Kier alpha value is -0.570. The number of hydrogen-bond acceptors (Lipinski definition) is 2. The molecule has 0 heterocycles. The zero-order valence-electron chi connectivity index (χ0n) is 10.4. The van der Waals surface area contributed by atoms with Gasteiger partial charge in [-0.1, -0.05) is 25.7 Å². The molecule has 0 aromatic rings. The molecule has 1 N–H and O–H groups in total. The Balaban J connectivity index is 1.69. The third kappa shape index (κ3) is 2.97. The minimum Gasteiger partial charge on any atom is -0.342 e. The highest BCUT2D eigenvalue weighted by atomic mass is 16.2. The van der Waals surface area contributed by atoms with E-state index in [-0.39, 0.29) is 5.91 Å². The van der Waals surface area contributed by atoms with Crippen molar-refractivity contribution < 1.29 is 4.79 Å². The molecule has 92 valence electrons. The van der Waals surface area contributed by atoms with Crippen molar-refractivity contribution in [1.29, 1.82) is 0 Å². The van der Waals surface area contributed by atoms with Gasteiger partial charge in [0.05, 0.1) is 6.54 Å². The number of rotatable bonds is 4. The van der Waals surface area contributed by atoms with Gasteiger partial charge in [0, 0.05) is 19.1 Å². The molecular formula is C13H24N2O. The van der Waals surface area contributed by atoms with E-state index >= 15 is 0 Å². The smallest absolute Gasteiger partial charge is 0.236 e. The molecule has 1 amide bonds. The van der Waals surface area contributed by atoms with E-state index in [1.165, 1.54) is 51.4 Å². The summed E-state index contributed by atoms with van der Waals surface area (Å²) >= 11 is 0. The molecule has 0 aromatic heterocycles. The van der Waals surface area contributed by atoms with Gasteiger partial charge >= 0.3 is 0 Å². The number of hydrogen-bond donors (Lipinski definition) is 1. The molecule has 2 rings (SSSR count). The maximum absolute atomic E-state index is 12.0. The zero-order valence-corrected chi connectivity index (χ0v) is 10.4. The first kappa shape index (κ1) is 11.9. The van der Waals surface area contributed by atoms with Gasteiger partial charge in [0.2, 0.25) is 5.91 Å². The molecule has 2 aliphatic carbocycles. The van der Waals surface area contributed by atoms with Crippen LogP contribution >= 0.6 is 0 Å². The molecule has 0 aromatic carbocycles. The summed E-state index contributed by atoms with van der Waals surface area (Å²) in [5.74, 6) is 0.277. The molecule has 2 saturated carbocycles. The Kier molecular flexibility index (Phi) is 4.22. The Morgan fingerprint density at radius 2 is 1.81 bits per heavy atom. The normalized spacial score (nSPS) is 22.8. The second-order valence-corrected chi connectivity index (χ2v) is 5.31. The fraction of sp³-hybridized carbons (Fsp3) is 0.923. The second-order valence-electron chi connectivity index (χ2n) is 5.31. The SMILES string of the molecule is CN(C(=O)CNC1CCC1)C1CCCCC1. The number of amides is 1. The number of nitrogens with one attached hydrogen (secondary N) is 1. The maximum atomic E-state index is 12.0. The van der Waals surface area contributed by atoms with Crippen LogP contribution in [-0.2, 0) is 4.79 Å². The van der Waals surface area contributed by atoms with E-state index in [0.717, 1.165) is 0 Å². The summed E-state index contributed by atoms with van der Waals surface area (Å²) in [7, 11) is 1.97. The summed E-state index contributed by atoms with van der Waals surface area (Å²) in [6.07, 6.45) is 10.2. The molecule has 0 radical (unpaired) electrons. The molecule has 2 fully saturated rings. The maximum Gasteiger partial charge on any atom is 0.236 e. The van der Waals surface area contributed by atoms with E-state index in [1.54, 1.807) is 0 Å². The minimum absolute atomic E-state index is 0.277. The molecule has 16 heavy (non-hydrogen) atoms. The Bertz CT molecular complexity index is 232. The lowest BCUT2D eigenvalue weighted by Gasteiger charge is -2.33. The molecular weight excluding hydrogens is 200 g/mol. The molecule has 2 aliphatic rings. The van der Waals surface area contributed by atoms with E-state index in [4.69, 9.17) is 0 Å². The number of carbonyl (C=O) groups excluding carboxylic acids is 1. The van der Waals surface area contributed by atoms with E-state index in [0.29, 0.717) is 18.6 Å². The molecule has 0 spiro atoms. The number of nitrogens with zero attached hydrogens (tertiary/aromatic N) is 1. The van der Waals surface area contributed by atoms with E-state index < -0.39 is 0 Å². The lowest BCUT2D eigenvalue weighted by atomic mass is 9.93. The van der Waals surface area contributed by atoms with Crippen LogP contribution in [0.1, 0.15) is 51.4 Å². The van der Waals surface area contributed by atoms with E-state index in [2.05, 4.69) is 5.32 Å². The van der Waals surface area contributed by atoms with Crippen LogP contribution in [0, 0.1) is 0 Å². The molecule has 0 unspecified atom stereocenters. The van der Waals surface area contributed by atoms with Crippen molar-refractivity contribution in [2.24, 2.45) is 0 Å². The highest BCUT2D eigenvalue weighted by molar-refractivity contribution is 5.78. The molecule has 0 bridgehead atoms. The van der Waals surface area contributed by atoms with Gasteiger partial charge < -0.3 is 10.2 Å². The predicted molar refractivity (Wildman–Crippen MR) is 65.3 cm³/mol. The molecule has 3 heteroatoms. The monoisotopic (exact) mass is 224 g/mol. The summed E-state index contributed by atoms with van der Waals surface area (Å²) in [5, 5.41) is 3.35. The van der Waals surface area contributed by atoms with Crippen molar-refractivity contribution in [2.75, 3.05) is 13.6 Å². The molecule has 0 atom stereocenters. The fourth-order valence-electron chi connectivity index (χ4n) is 2.64. The van der Waals surface area contributed by atoms with Crippen LogP contribution in [0.4, 0.5) is 0 Å². The predicted octanol–water partition coefficient (Wildman–Crippen LogP) is 1.92. The minimum atomic E-state index is 0.277.